The fraction of sp³-hybridized carbons (Fsp3) is 0.296. The average molecular weight is 621 g/mol. The molecule has 13 nitrogen and oxygen atoms in total. The second-order valence-electron chi connectivity index (χ2n) is 8.11. The molecule has 226 valence electrons. The van der Waals surface area contributed by atoms with E-state index < -0.39 is 24.2 Å². The van der Waals surface area contributed by atoms with Crippen LogP contribution in [0.15, 0.2) is 48.5 Å². The summed E-state index contributed by atoms with van der Waals surface area (Å²) in [5, 5.41) is 19.4. The first-order chi connectivity index (χ1) is 20.1. The van der Waals surface area contributed by atoms with Crippen LogP contribution in [0.5, 0.6) is 0 Å². The highest BCUT2D eigenvalue weighted by Gasteiger charge is 2.16. The van der Waals surface area contributed by atoms with Gasteiger partial charge in [-0.1, -0.05) is 35.9 Å². The Labute approximate surface area is 252 Å². The molecule has 3 rings (SSSR count). The minimum Gasteiger partial charge on any atom is -0.453 e. The Morgan fingerprint density at radius 1 is 0.881 bits per heavy atom. The van der Waals surface area contributed by atoms with Crippen molar-refractivity contribution in [2.75, 3.05) is 49.4 Å². The number of carbonyl (C=O) groups is 4. The first-order valence-electron chi connectivity index (χ1n) is 12.7. The lowest BCUT2D eigenvalue weighted by molar-refractivity contribution is 0.170. The summed E-state index contributed by atoms with van der Waals surface area (Å²) in [7, 11) is 2.21. The molecule has 0 aliphatic carbocycles. The number of carbonyl (C=O) groups excluding carboxylic acids is 4. The number of aliphatic hydroxyl groups excluding tert-OH is 1. The van der Waals surface area contributed by atoms with Gasteiger partial charge in [-0.15, -0.1) is 11.3 Å². The Bertz CT molecular complexity index is 1300. The van der Waals surface area contributed by atoms with Crippen LogP contribution in [-0.2, 0) is 15.9 Å². The summed E-state index contributed by atoms with van der Waals surface area (Å²) >= 11 is 7.60. The van der Waals surface area contributed by atoms with Gasteiger partial charge in [-0.3, -0.25) is 0 Å². The van der Waals surface area contributed by atoms with Crippen molar-refractivity contribution in [2.45, 2.75) is 20.3 Å². The standard InChI is InChI=1S/C15H19ClN2OS.C12H14N4O6/c1-3-18(4-2)15-17-14(13(20-15)9-10-19)11-5-7-12(16)8-6-11;1-21-11(19)15-9(17)13-7-5-3-4-6-8(7)14-10(18)16-12(20)22-2/h5-8,19H,3-4,9-10H2,1-2H3;3-6H,1-2H3,(H2,13,15,17,19)(H2,14,16,18,20). The van der Waals surface area contributed by atoms with Crippen LogP contribution in [0.3, 0.4) is 0 Å². The smallest absolute Gasteiger partial charge is 0.415 e. The van der Waals surface area contributed by atoms with Crippen LogP contribution >= 0.6 is 22.9 Å². The van der Waals surface area contributed by atoms with Crippen molar-refractivity contribution in [1.29, 1.82) is 0 Å². The molecule has 0 aliphatic rings. The van der Waals surface area contributed by atoms with Crippen LogP contribution in [0.25, 0.3) is 11.3 Å². The number of hydrogen-bond acceptors (Lipinski definition) is 10. The molecule has 1 heterocycles. The van der Waals surface area contributed by atoms with Crippen molar-refractivity contribution >= 4 is 63.7 Å². The molecular weight excluding hydrogens is 588 g/mol. The highest BCUT2D eigenvalue weighted by Crippen LogP contribution is 2.34. The summed E-state index contributed by atoms with van der Waals surface area (Å²) < 4.78 is 8.53. The molecule has 0 saturated heterocycles. The predicted molar refractivity (Wildman–Crippen MR) is 162 cm³/mol. The van der Waals surface area contributed by atoms with Gasteiger partial charge in [-0.05, 0) is 38.1 Å². The van der Waals surface area contributed by atoms with Gasteiger partial charge in [-0.25, -0.2) is 34.8 Å². The number of aliphatic hydroxyl groups is 1. The third-order valence-corrected chi connectivity index (χ3v) is 6.83. The molecule has 0 spiro atoms. The first-order valence-corrected chi connectivity index (χ1v) is 13.9. The van der Waals surface area contributed by atoms with Gasteiger partial charge < -0.3 is 30.1 Å². The summed E-state index contributed by atoms with van der Waals surface area (Å²) in [6, 6.07) is 12.1. The summed E-state index contributed by atoms with van der Waals surface area (Å²) in [6.07, 6.45) is -1.24. The Hall–Kier alpha value is -4.40. The summed E-state index contributed by atoms with van der Waals surface area (Å²) in [4.78, 5) is 53.0. The van der Waals surface area contributed by atoms with Gasteiger partial charge >= 0.3 is 24.2 Å². The maximum atomic E-state index is 11.5. The third-order valence-electron chi connectivity index (χ3n) is 5.40. The van der Waals surface area contributed by atoms with Gasteiger partial charge in [0.15, 0.2) is 5.13 Å². The number of benzene rings is 2. The largest absolute Gasteiger partial charge is 0.453 e. The van der Waals surface area contributed by atoms with E-state index in [1.165, 1.54) is 12.1 Å². The third kappa shape index (κ3) is 10.5. The van der Waals surface area contributed by atoms with Gasteiger partial charge in [0.05, 0.1) is 31.3 Å². The lowest BCUT2D eigenvalue weighted by Gasteiger charge is -2.16. The van der Waals surface area contributed by atoms with Crippen molar-refractivity contribution in [2.24, 2.45) is 0 Å². The average Bonchev–Trinajstić information content (AvgIpc) is 3.38. The first kappa shape index (κ1) is 33.8. The van der Waals surface area contributed by atoms with Gasteiger partial charge in [0, 0.05) is 41.6 Å². The number of amides is 6. The molecule has 5 N–H and O–H groups in total. The van der Waals surface area contributed by atoms with Gasteiger partial charge in [0.25, 0.3) is 0 Å². The molecule has 42 heavy (non-hydrogen) atoms. The number of rotatable bonds is 8. The molecule has 0 bridgehead atoms. The maximum absolute atomic E-state index is 11.5. The Morgan fingerprint density at radius 2 is 1.38 bits per heavy atom. The Kier molecular flexibility index (Phi) is 14.0. The quantitative estimate of drug-likeness (QED) is 0.224. The monoisotopic (exact) mass is 620 g/mol. The Morgan fingerprint density at radius 3 is 1.81 bits per heavy atom. The number of halogens is 1. The molecule has 1 aromatic heterocycles. The van der Waals surface area contributed by atoms with E-state index in [-0.39, 0.29) is 18.0 Å². The molecule has 0 unspecified atom stereocenters. The van der Waals surface area contributed by atoms with E-state index in [9.17, 15) is 24.3 Å². The predicted octanol–water partition coefficient (Wildman–Crippen LogP) is 5.31. The van der Waals surface area contributed by atoms with Crippen LogP contribution in [0, 0.1) is 0 Å². The topological polar surface area (TPSA) is 171 Å². The zero-order valence-electron chi connectivity index (χ0n) is 23.5. The SMILES string of the molecule is CCN(CC)c1nc(-c2ccc(Cl)cc2)c(CCO)s1.COC(=O)NC(=O)Nc1ccccc1NC(=O)NC(=O)OC. The molecule has 15 heteroatoms. The van der Waals surface area contributed by atoms with Crippen LogP contribution in [-0.4, -0.2) is 68.3 Å². The van der Waals surface area contributed by atoms with Gasteiger partial charge in [0.1, 0.15) is 0 Å². The number of hydrogen-bond donors (Lipinski definition) is 5. The van der Waals surface area contributed by atoms with E-state index in [1.54, 1.807) is 23.5 Å². The minimum absolute atomic E-state index is 0.139. The van der Waals surface area contributed by atoms with Crippen molar-refractivity contribution in [3.05, 3.63) is 58.4 Å². The number of imide groups is 2. The summed E-state index contributed by atoms with van der Waals surface area (Å²) in [5.74, 6) is 0. The number of urea groups is 2. The fourth-order valence-electron chi connectivity index (χ4n) is 3.37. The number of alkyl carbamates (subject to hydrolysis) is 2. The van der Waals surface area contributed by atoms with E-state index in [1.807, 2.05) is 34.9 Å². The number of methoxy groups -OCH3 is 2. The highest BCUT2D eigenvalue weighted by molar-refractivity contribution is 7.16. The van der Waals surface area contributed by atoms with E-state index >= 15 is 0 Å². The molecule has 0 fully saturated rings. The second kappa shape index (κ2) is 17.4. The zero-order chi connectivity index (χ0) is 31.1. The van der Waals surface area contributed by atoms with E-state index in [0.29, 0.717) is 6.42 Å². The lowest BCUT2D eigenvalue weighted by Crippen LogP contribution is -2.36. The van der Waals surface area contributed by atoms with Crippen LogP contribution < -0.4 is 26.2 Å². The second-order valence-corrected chi connectivity index (χ2v) is 9.61. The number of thiazole rings is 1. The number of nitrogens with one attached hydrogen (secondary N) is 4. The van der Waals surface area contributed by atoms with Crippen molar-refractivity contribution in [3.63, 3.8) is 0 Å². The van der Waals surface area contributed by atoms with Crippen molar-refractivity contribution in [1.82, 2.24) is 15.6 Å². The number of ether oxygens (including phenoxy) is 2. The minimum atomic E-state index is -0.939. The van der Waals surface area contributed by atoms with E-state index in [4.69, 9.17) is 16.6 Å². The normalized spacial score (nSPS) is 9.95. The molecule has 2 aromatic carbocycles. The molecule has 0 aliphatic heterocycles. The Balaban J connectivity index is 0.000000294. The summed E-state index contributed by atoms with van der Waals surface area (Å²) in [5.41, 5.74) is 2.41. The highest BCUT2D eigenvalue weighted by atomic mass is 35.5. The molecule has 0 radical (unpaired) electrons. The maximum Gasteiger partial charge on any atom is 0.415 e. The van der Waals surface area contributed by atoms with E-state index in [0.717, 1.165) is 53.6 Å². The van der Waals surface area contributed by atoms with Crippen molar-refractivity contribution in [3.8, 4) is 11.3 Å². The number of aromatic nitrogens is 1. The molecule has 6 amide bonds. The van der Waals surface area contributed by atoms with Gasteiger partial charge in [0.2, 0.25) is 0 Å². The zero-order valence-corrected chi connectivity index (χ0v) is 25.1. The number of nitrogens with zero attached hydrogens (tertiary/aromatic N) is 2. The summed E-state index contributed by atoms with van der Waals surface area (Å²) in [6.45, 7) is 6.25. The lowest BCUT2D eigenvalue weighted by atomic mass is 10.1. The van der Waals surface area contributed by atoms with Crippen LogP contribution in [0.2, 0.25) is 5.02 Å². The number of para-hydroxylation sites is 2. The molecule has 0 saturated carbocycles. The van der Waals surface area contributed by atoms with Crippen LogP contribution in [0.1, 0.15) is 18.7 Å². The molecule has 0 atom stereocenters. The molecular formula is C27H33ClN6O7S. The number of anilines is 3. The molecule has 3 aromatic rings. The van der Waals surface area contributed by atoms with Crippen molar-refractivity contribution < 1.29 is 33.8 Å². The fourth-order valence-corrected chi connectivity index (χ4v) is 4.69. The van der Waals surface area contributed by atoms with E-state index in [2.05, 4.69) is 38.9 Å². The van der Waals surface area contributed by atoms with Crippen LogP contribution in [0.4, 0.5) is 35.7 Å². The van der Waals surface area contributed by atoms with Gasteiger partial charge in [-0.2, -0.15) is 0 Å².